The fourth-order valence-corrected chi connectivity index (χ4v) is 6.42. The van der Waals surface area contributed by atoms with E-state index in [4.69, 9.17) is 14.2 Å². The Morgan fingerprint density at radius 1 is 0.853 bits per heavy atom. The molecular formula is C27H36O7. The van der Waals surface area contributed by atoms with Gasteiger partial charge in [-0.1, -0.05) is 38.5 Å². The number of esters is 3. The molecule has 7 nitrogen and oxygen atoms in total. The Morgan fingerprint density at radius 2 is 1.35 bits per heavy atom. The Hall–Kier alpha value is -2.70. The summed E-state index contributed by atoms with van der Waals surface area (Å²) in [4.78, 5) is 51.4. The SMILES string of the molecule is CC=C(C)C(=O)OC1C(OC(C)=O)C(OC(=O)C(C)=CC)C2(C)C3C(=O)C=C(C)C2C3C1(C)C. The maximum Gasteiger partial charge on any atom is 0.333 e. The molecule has 4 rings (SSSR count). The lowest BCUT2D eigenvalue weighted by Gasteiger charge is -2.65. The predicted molar refractivity (Wildman–Crippen MR) is 125 cm³/mol. The smallest absolute Gasteiger partial charge is 0.333 e. The van der Waals surface area contributed by atoms with Crippen LogP contribution >= 0.6 is 0 Å². The van der Waals surface area contributed by atoms with Crippen molar-refractivity contribution >= 4 is 23.7 Å². The lowest BCUT2D eigenvalue weighted by Crippen LogP contribution is -2.68. The van der Waals surface area contributed by atoms with Crippen molar-refractivity contribution in [2.45, 2.75) is 80.6 Å². The Morgan fingerprint density at radius 3 is 1.79 bits per heavy atom. The lowest BCUT2D eigenvalue weighted by atomic mass is 9.37. The lowest BCUT2D eigenvalue weighted by molar-refractivity contribution is -0.213. The summed E-state index contributed by atoms with van der Waals surface area (Å²) in [5.74, 6) is -2.44. The summed E-state index contributed by atoms with van der Waals surface area (Å²) in [6.45, 7) is 15.7. The first-order chi connectivity index (χ1) is 15.7. The van der Waals surface area contributed by atoms with E-state index >= 15 is 0 Å². The molecule has 0 amide bonds. The molecular weight excluding hydrogens is 436 g/mol. The van der Waals surface area contributed by atoms with Crippen LogP contribution < -0.4 is 0 Å². The van der Waals surface area contributed by atoms with Gasteiger partial charge >= 0.3 is 17.9 Å². The molecule has 0 spiro atoms. The van der Waals surface area contributed by atoms with Crippen LogP contribution in [0, 0.1) is 28.6 Å². The second-order valence-electron chi connectivity index (χ2n) is 10.6. The monoisotopic (exact) mass is 472 g/mol. The summed E-state index contributed by atoms with van der Waals surface area (Å²) in [5, 5.41) is 0. The minimum Gasteiger partial charge on any atom is -0.455 e. The van der Waals surface area contributed by atoms with Crippen LogP contribution in [0.4, 0.5) is 0 Å². The van der Waals surface area contributed by atoms with Crippen LogP contribution in [0.3, 0.4) is 0 Å². The zero-order valence-corrected chi connectivity index (χ0v) is 21.6. The minimum absolute atomic E-state index is 0.0393. The molecule has 0 aliphatic heterocycles. The number of ether oxygens (including phenoxy) is 3. The maximum atomic E-state index is 13.3. The highest BCUT2D eigenvalue weighted by molar-refractivity contribution is 5.97. The Kier molecular flexibility index (Phi) is 6.72. The van der Waals surface area contributed by atoms with Crippen LogP contribution in [0.5, 0.6) is 0 Å². The number of allylic oxidation sites excluding steroid dienone is 4. The summed E-state index contributed by atoms with van der Waals surface area (Å²) in [6, 6.07) is 0. The van der Waals surface area contributed by atoms with Gasteiger partial charge in [-0.25, -0.2) is 9.59 Å². The van der Waals surface area contributed by atoms with Crippen LogP contribution in [0.2, 0.25) is 0 Å². The number of carbonyl (C=O) groups is 4. The van der Waals surface area contributed by atoms with Crippen molar-refractivity contribution in [2.24, 2.45) is 28.6 Å². The summed E-state index contributed by atoms with van der Waals surface area (Å²) in [5.41, 5.74) is 0.145. The van der Waals surface area contributed by atoms with E-state index in [1.807, 2.05) is 27.7 Å². The zero-order chi connectivity index (χ0) is 25.7. The number of fused-ring (bicyclic) bond motifs is 3. The molecule has 34 heavy (non-hydrogen) atoms. The van der Waals surface area contributed by atoms with Crippen molar-refractivity contribution < 1.29 is 33.4 Å². The van der Waals surface area contributed by atoms with Crippen LogP contribution in [-0.2, 0) is 33.4 Å². The van der Waals surface area contributed by atoms with E-state index < -0.39 is 53.0 Å². The van der Waals surface area contributed by atoms with Gasteiger partial charge in [0.2, 0.25) is 0 Å². The number of hydrogen-bond donors (Lipinski definition) is 0. The molecule has 7 unspecified atom stereocenters. The number of ketones is 1. The molecule has 0 radical (unpaired) electrons. The fourth-order valence-electron chi connectivity index (χ4n) is 6.42. The Bertz CT molecular complexity index is 1010. The predicted octanol–water partition coefficient (Wildman–Crippen LogP) is 4.11. The van der Waals surface area contributed by atoms with Crippen molar-refractivity contribution in [3.63, 3.8) is 0 Å². The molecule has 4 aliphatic rings. The van der Waals surface area contributed by atoms with Gasteiger partial charge in [-0.3, -0.25) is 9.59 Å². The van der Waals surface area contributed by atoms with Crippen LogP contribution in [-0.4, -0.2) is 42.0 Å². The highest BCUT2D eigenvalue weighted by Gasteiger charge is 2.77. The van der Waals surface area contributed by atoms with Gasteiger partial charge in [-0.05, 0) is 52.5 Å². The molecule has 0 aromatic heterocycles. The van der Waals surface area contributed by atoms with Gasteiger partial charge in [0.25, 0.3) is 0 Å². The summed E-state index contributed by atoms with van der Waals surface area (Å²) in [7, 11) is 0. The normalized spacial score (nSPS) is 36.5. The largest absolute Gasteiger partial charge is 0.455 e. The number of rotatable bonds is 5. The molecule has 0 heterocycles. The number of hydrogen-bond acceptors (Lipinski definition) is 7. The van der Waals surface area contributed by atoms with Gasteiger partial charge in [0.15, 0.2) is 11.9 Å². The number of carbonyl (C=O) groups excluding carboxylic acids is 4. The highest BCUT2D eigenvalue weighted by Crippen LogP contribution is 2.72. The van der Waals surface area contributed by atoms with E-state index in [2.05, 4.69) is 0 Å². The summed E-state index contributed by atoms with van der Waals surface area (Å²) < 4.78 is 17.8. The second-order valence-corrected chi connectivity index (χ2v) is 10.6. The van der Waals surface area contributed by atoms with E-state index in [0.717, 1.165) is 5.57 Å². The van der Waals surface area contributed by atoms with Gasteiger partial charge in [-0.2, -0.15) is 0 Å². The molecule has 4 aliphatic carbocycles. The van der Waals surface area contributed by atoms with Gasteiger partial charge in [0.05, 0.1) is 0 Å². The zero-order valence-electron chi connectivity index (χ0n) is 21.6. The van der Waals surface area contributed by atoms with Gasteiger partial charge in [0.1, 0.15) is 12.2 Å². The molecule has 0 aromatic carbocycles. The van der Waals surface area contributed by atoms with Crippen molar-refractivity contribution in [3.8, 4) is 0 Å². The molecule has 3 fully saturated rings. The Balaban J connectivity index is 2.24. The molecule has 0 N–H and O–H groups in total. The molecule has 186 valence electrons. The minimum atomic E-state index is -1.07. The quantitative estimate of drug-likeness (QED) is 0.337. The van der Waals surface area contributed by atoms with Crippen LogP contribution in [0.25, 0.3) is 0 Å². The van der Waals surface area contributed by atoms with Gasteiger partial charge in [-0.15, -0.1) is 0 Å². The van der Waals surface area contributed by atoms with Crippen molar-refractivity contribution in [1.29, 1.82) is 0 Å². The standard InChI is InChI=1S/C27H36O7/c1-10-13(3)24(30)33-22-21(32-16(6)28)23(34-25(31)14(4)11-2)27(9)18-15(5)12-17(29)19(27)20(18)26(22,7)8/h10-12,18-23H,1-9H3. The van der Waals surface area contributed by atoms with Crippen molar-refractivity contribution in [1.82, 2.24) is 0 Å². The molecule has 0 saturated heterocycles. The van der Waals surface area contributed by atoms with Crippen LogP contribution in [0.15, 0.2) is 34.9 Å². The topological polar surface area (TPSA) is 96.0 Å². The summed E-state index contributed by atoms with van der Waals surface area (Å²) in [6.07, 6.45) is 1.96. The molecule has 7 heteroatoms. The summed E-state index contributed by atoms with van der Waals surface area (Å²) >= 11 is 0. The van der Waals surface area contributed by atoms with E-state index in [1.54, 1.807) is 45.9 Å². The second kappa shape index (κ2) is 8.82. The highest BCUT2D eigenvalue weighted by atomic mass is 16.6. The average Bonchev–Trinajstić information content (AvgIpc) is 2.83. The molecule has 0 aromatic rings. The van der Waals surface area contributed by atoms with Crippen molar-refractivity contribution in [2.75, 3.05) is 0 Å². The van der Waals surface area contributed by atoms with Gasteiger partial charge in [0, 0.05) is 34.8 Å². The third-order valence-corrected chi connectivity index (χ3v) is 8.31. The van der Waals surface area contributed by atoms with E-state index in [-0.39, 0.29) is 17.6 Å². The first-order valence-corrected chi connectivity index (χ1v) is 11.8. The van der Waals surface area contributed by atoms with E-state index in [9.17, 15) is 19.2 Å². The first-order valence-electron chi connectivity index (χ1n) is 11.8. The third kappa shape index (κ3) is 3.73. The fraction of sp³-hybridized carbons (Fsp3) is 0.630. The first kappa shape index (κ1) is 25.9. The molecule has 4 bridgehead atoms. The third-order valence-electron chi connectivity index (χ3n) is 8.31. The molecule has 7 atom stereocenters. The Labute approximate surface area is 201 Å². The maximum absolute atomic E-state index is 13.3. The van der Waals surface area contributed by atoms with Gasteiger partial charge < -0.3 is 14.2 Å². The van der Waals surface area contributed by atoms with Crippen LogP contribution in [0.1, 0.15) is 62.3 Å². The van der Waals surface area contributed by atoms with Crippen molar-refractivity contribution in [3.05, 3.63) is 34.9 Å². The average molecular weight is 473 g/mol. The molecule has 3 saturated carbocycles. The van der Waals surface area contributed by atoms with E-state index in [0.29, 0.717) is 11.1 Å². The van der Waals surface area contributed by atoms with E-state index in [1.165, 1.54) is 6.92 Å².